The highest BCUT2D eigenvalue weighted by Crippen LogP contribution is 2.32. The molecule has 0 heterocycles. The number of halogens is 4. The maximum Gasteiger partial charge on any atom is 0.160 e. The summed E-state index contributed by atoms with van der Waals surface area (Å²) in [7, 11) is 0. The van der Waals surface area contributed by atoms with Gasteiger partial charge in [0.15, 0.2) is 11.6 Å². The zero-order valence-corrected chi connectivity index (χ0v) is 11.4. The number of hydrogen-bond donors (Lipinski definition) is 1. The Morgan fingerprint density at radius 1 is 1.00 bits per heavy atom. The molecule has 0 aliphatic heterocycles. The van der Waals surface area contributed by atoms with Crippen molar-refractivity contribution in [1.29, 1.82) is 0 Å². The van der Waals surface area contributed by atoms with Crippen molar-refractivity contribution < 1.29 is 13.9 Å². The summed E-state index contributed by atoms with van der Waals surface area (Å²) in [5, 5.41) is 10.7. The van der Waals surface area contributed by atoms with E-state index in [1.165, 1.54) is 0 Å². The van der Waals surface area contributed by atoms with Gasteiger partial charge in [-0.3, -0.25) is 0 Å². The summed E-state index contributed by atoms with van der Waals surface area (Å²) in [6, 6.07) is 6.71. The van der Waals surface area contributed by atoms with Crippen LogP contribution in [0.1, 0.15) is 22.8 Å². The van der Waals surface area contributed by atoms with E-state index in [0.717, 1.165) is 17.7 Å². The molecule has 1 atom stereocenters. The molecule has 1 nitrogen and oxygen atoms in total. The third-order valence-corrected chi connectivity index (χ3v) is 3.43. The number of rotatable bonds is 2. The maximum atomic E-state index is 13.2. The van der Waals surface area contributed by atoms with Crippen LogP contribution in [0.2, 0.25) is 10.0 Å². The summed E-state index contributed by atoms with van der Waals surface area (Å²) in [6.07, 6.45) is -1.17. The van der Waals surface area contributed by atoms with Crippen LogP contribution in [0.25, 0.3) is 0 Å². The molecule has 0 bridgehead atoms. The Balaban J connectivity index is 2.52. The minimum absolute atomic E-state index is 0.0363. The SMILES string of the molecule is Cc1ccc(Cl)cc1C(O)c1cc(F)c(F)cc1Cl. The van der Waals surface area contributed by atoms with Gasteiger partial charge in [0.25, 0.3) is 0 Å². The molecule has 0 aromatic heterocycles. The van der Waals surface area contributed by atoms with Gasteiger partial charge in [-0.15, -0.1) is 0 Å². The van der Waals surface area contributed by atoms with Gasteiger partial charge in [-0.25, -0.2) is 8.78 Å². The molecule has 0 saturated heterocycles. The van der Waals surface area contributed by atoms with Crippen molar-refractivity contribution in [2.45, 2.75) is 13.0 Å². The second kappa shape index (κ2) is 5.45. The quantitative estimate of drug-likeness (QED) is 0.800. The van der Waals surface area contributed by atoms with Crippen molar-refractivity contribution in [2.75, 3.05) is 0 Å². The first-order chi connectivity index (χ1) is 8.90. The summed E-state index contributed by atoms with van der Waals surface area (Å²) in [5.74, 6) is -2.11. The lowest BCUT2D eigenvalue weighted by Gasteiger charge is -2.16. The molecule has 0 fully saturated rings. The smallest absolute Gasteiger partial charge is 0.160 e. The Kier molecular flexibility index (Phi) is 4.09. The van der Waals surface area contributed by atoms with E-state index in [9.17, 15) is 13.9 Å². The van der Waals surface area contributed by atoms with Crippen LogP contribution in [0, 0.1) is 18.6 Å². The van der Waals surface area contributed by atoms with Crippen molar-refractivity contribution in [3.05, 3.63) is 68.7 Å². The predicted molar refractivity (Wildman–Crippen MR) is 71.6 cm³/mol. The van der Waals surface area contributed by atoms with E-state index in [0.29, 0.717) is 10.6 Å². The van der Waals surface area contributed by atoms with Crippen molar-refractivity contribution in [1.82, 2.24) is 0 Å². The zero-order valence-electron chi connectivity index (χ0n) is 9.92. The topological polar surface area (TPSA) is 20.2 Å². The standard InChI is InChI=1S/C14H10Cl2F2O/c1-7-2-3-8(15)4-9(7)14(19)10-5-12(17)13(18)6-11(10)16/h2-6,14,19H,1H3. The van der Waals surface area contributed by atoms with E-state index in [1.54, 1.807) is 25.1 Å². The van der Waals surface area contributed by atoms with Crippen LogP contribution in [0.3, 0.4) is 0 Å². The lowest BCUT2D eigenvalue weighted by molar-refractivity contribution is 0.219. The Labute approximate surface area is 119 Å². The lowest BCUT2D eigenvalue weighted by Crippen LogP contribution is -2.04. The Hall–Kier alpha value is -1.16. The molecule has 0 spiro atoms. The van der Waals surface area contributed by atoms with Gasteiger partial charge in [-0.05, 0) is 42.3 Å². The molecule has 1 unspecified atom stereocenters. The van der Waals surface area contributed by atoms with Crippen LogP contribution in [0.5, 0.6) is 0 Å². The van der Waals surface area contributed by atoms with Crippen LogP contribution >= 0.6 is 23.2 Å². The fraction of sp³-hybridized carbons (Fsp3) is 0.143. The highest BCUT2D eigenvalue weighted by Gasteiger charge is 2.19. The number of aliphatic hydroxyl groups excluding tert-OH is 1. The van der Waals surface area contributed by atoms with Gasteiger partial charge >= 0.3 is 0 Å². The molecule has 1 N–H and O–H groups in total. The van der Waals surface area contributed by atoms with E-state index in [2.05, 4.69) is 0 Å². The minimum Gasteiger partial charge on any atom is -0.384 e. The van der Waals surface area contributed by atoms with Gasteiger partial charge in [-0.2, -0.15) is 0 Å². The van der Waals surface area contributed by atoms with E-state index in [-0.39, 0.29) is 10.6 Å². The fourth-order valence-electron chi connectivity index (χ4n) is 1.82. The van der Waals surface area contributed by atoms with Crippen LogP contribution in [0.4, 0.5) is 8.78 Å². The number of benzene rings is 2. The molecule has 100 valence electrons. The Morgan fingerprint density at radius 3 is 2.32 bits per heavy atom. The number of aliphatic hydroxyl groups is 1. The van der Waals surface area contributed by atoms with Gasteiger partial charge < -0.3 is 5.11 Å². The number of hydrogen-bond acceptors (Lipinski definition) is 1. The lowest BCUT2D eigenvalue weighted by atomic mass is 9.97. The van der Waals surface area contributed by atoms with E-state index in [1.807, 2.05) is 0 Å². The molecule has 0 aliphatic rings. The van der Waals surface area contributed by atoms with E-state index >= 15 is 0 Å². The molecule has 0 aliphatic carbocycles. The molecule has 5 heteroatoms. The predicted octanol–water partition coefficient (Wildman–Crippen LogP) is 4.66. The largest absolute Gasteiger partial charge is 0.384 e. The fourth-order valence-corrected chi connectivity index (χ4v) is 2.26. The molecule has 2 rings (SSSR count). The summed E-state index contributed by atoms with van der Waals surface area (Å²) in [5.41, 5.74) is 1.38. The Bertz CT molecular complexity index is 629. The average molecular weight is 303 g/mol. The zero-order chi connectivity index (χ0) is 14.2. The van der Waals surface area contributed by atoms with Crippen LogP contribution in [-0.2, 0) is 0 Å². The van der Waals surface area contributed by atoms with Crippen molar-refractivity contribution >= 4 is 23.2 Å². The van der Waals surface area contributed by atoms with E-state index < -0.39 is 17.7 Å². The average Bonchev–Trinajstić information content (AvgIpc) is 2.36. The summed E-state index contributed by atoms with van der Waals surface area (Å²) in [4.78, 5) is 0. The van der Waals surface area contributed by atoms with Gasteiger partial charge in [-0.1, -0.05) is 29.3 Å². The molecule has 0 saturated carbocycles. The first kappa shape index (κ1) is 14.3. The van der Waals surface area contributed by atoms with Crippen LogP contribution in [-0.4, -0.2) is 5.11 Å². The highest BCUT2D eigenvalue weighted by molar-refractivity contribution is 6.31. The van der Waals surface area contributed by atoms with Crippen LogP contribution in [0.15, 0.2) is 30.3 Å². The molecule has 2 aromatic rings. The second-order valence-electron chi connectivity index (χ2n) is 4.19. The summed E-state index contributed by atoms with van der Waals surface area (Å²) < 4.78 is 26.3. The first-order valence-corrected chi connectivity index (χ1v) is 6.24. The first-order valence-electron chi connectivity index (χ1n) is 5.48. The summed E-state index contributed by atoms with van der Waals surface area (Å²) >= 11 is 11.7. The van der Waals surface area contributed by atoms with Gasteiger partial charge in [0, 0.05) is 15.6 Å². The molecule has 0 radical (unpaired) electrons. The van der Waals surface area contributed by atoms with Crippen LogP contribution < -0.4 is 0 Å². The third-order valence-electron chi connectivity index (χ3n) is 2.87. The molecule has 0 amide bonds. The van der Waals surface area contributed by atoms with Gasteiger partial charge in [0.2, 0.25) is 0 Å². The van der Waals surface area contributed by atoms with Crippen molar-refractivity contribution in [3.8, 4) is 0 Å². The summed E-state index contributed by atoms with van der Waals surface area (Å²) in [6.45, 7) is 1.78. The molecular weight excluding hydrogens is 293 g/mol. The van der Waals surface area contributed by atoms with Crippen molar-refractivity contribution in [2.24, 2.45) is 0 Å². The van der Waals surface area contributed by atoms with Crippen molar-refractivity contribution in [3.63, 3.8) is 0 Å². The molecule has 2 aromatic carbocycles. The third kappa shape index (κ3) is 2.89. The molecular formula is C14H10Cl2F2O. The minimum atomic E-state index is -1.17. The molecule has 19 heavy (non-hydrogen) atoms. The normalized spacial score (nSPS) is 12.5. The van der Waals surface area contributed by atoms with Gasteiger partial charge in [0.1, 0.15) is 6.10 Å². The Morgan fingerprint density at radius 2 is 1.63 bits per heavy atom. The second-order valence-corrected chi connectivity index (χ2v) is 5.03. The maximum absolute atomic E-state index is 13.2. The number of aryl methyl sites for hydroxylation is 1. The monoisotopic (exact) mass is 302 g/mol. The highest BCUT2D eigenvalue weighted by atomic mass is 35.5. The van der Waals surface area contributed by atoms with Gasteiger partial charge in [0.05, 0.1) is 0 Å². The van der Waals surface area contributed by atoms with E-state index in [4.69, 9.17) is 23.2 Å².